The minimum atomic E-state index is -0.696. The van der Waals surface area contributed by atoms with E-state index < -0.39 is 5.72 Å². The molecule has 2 aromatic rings. The highest BCUT2D eigenvalue weighted by atomic mass is 16.5. The summed E-state index contributed by atoms with van der Waals surface area (Å²) in [7, 11) is 3.29. The molecule has 2 aliphatic heterocycles. The molecule has 2 heterocycles. The lowest BCUT2D eigenvalue weighted by Gasteiger charge is -2.47. The van der Waals surface area contributed by atoms with Gasteiger partial charge in [-0.1, -0.05) is 31.5 Å². The van der Waals surface area contributed by atoms with E-state index in [1.54, 1.807) is 14.2 Å². The maximum absolute atomic E-state index is 6.88. The number of rotatable bonds is 5. The van der Waals surface area contributed by atoms with Crippen molar-refractivity contribution in [3.63, 3.8) is 0 Å². The van der Waals surface area contributed by atoms with Gasteiger partial charge in [0, 0.05) is 24.4 Å². The number of hydrogen-bond donors (Lipinski definition) is 0. The Morgan fingerprint density at radius 2 is 1.90 bits per heavy atom. The molecule has 0 saturated carbocycles. The average Bonchev–Trinajstić information content (AvgIpc) is 2.92. The van der Waals surface area contributed by atoms with Gasteiger partial charge in [-0.05, 0) is 38.3 Å². The van der Waals surface area contributed by atoms with Gasteiger partial charge in [-0.15, -0.1) is 0 Å². The highest BCUT2D eigenvalue weighted by Crippen LogP contribution is 2.57. The fraction of sp³-hybridized carbons (Fsp3) is 0.458. The molecule has 0 bridgehead atoms. The van der Waals surface area contributed by atoms with Crippen LogP contribution in [0, 0.1) is 6.92 Å². The molecule has 5 heteroatoms. The van der Waals surface area contributed by atoms with Crippen LogP contribution in [0.3, 0.4) is 0 Å². The normalized spacial score (nSPS) is 24.3. The monoisotopic (exact) mass is 394 g/mol. The van der Waals surface area contributed by atoms with E-state index in [9.17, 15) is 0 Å². The third-order valence-electron chi connectivity index (χ3n) is 6.49. The molecule has 2 aliphatic rings. The summed E-state index contributed by atoms with van der Waals surface area (Å²) in [5, 5.41) is 0. The Balaban J connectivity index is 1.94. The van der Waals surface area contributed by atoms with Crippen LogP contribution >= 0.6 is 0 Å². The van der Waals surface area contributed by atoms with Gasteiger partial charge in [0.15, 0.2) is 11.5 Å². The van der Waals surface area contributed by atoms with Crippen LogP contribution in [0.2, 0.25) is 0 Å². The van der Waals surface area contributed by atoms with E-state index >= 15 is 0 Å². The second-order valence-corrected chi connectivity index (χ2v) is 8.09. The Bertz CT molecular complexity index is 971. The van der Waals surface area contributed by atoms with Gasteiger partial charge >= 0.3 is 0 Å². The van der Waals surface area contributed by atoms with Crippen molar-refractivity contribution in [3.8, 4) is 17.2 Å². The number of hydrogen-bond acceptors (Lipinski definition) is 5. The summed E-state index contributed by atoms with van der Waals surface area (Å²) in [6.45, 7) is 9.74. The first-order valence-electron chi connectivity index (χ1n) is 10.3. The van der Waals surface area contributed by atoms with Crippen molar-refractivity contribution in [3.05, 3.63) is 41.5 Å². The highest BCUT2D eigenvalue weighted by Gasteiger charge is 2.61. The zero-order valence-corrected chi connectivity index (χ0v) is 18.2. The molecule has 0 fully saturated rings. The Kier molecular flexibility index (Phi) is 4.72. The Hall–Kier alpha value is -2.69. The Labute approximate surface area is 173 Å². The van der Waals surface area contributed by atoms with Gasteiger partial charge in [0.2, 0.25) is 5.72 Å². The number of ether oxygens (including phenoxy) is 3. The van der Waals surface area contributed by atoms with Crippen molar-refractivity contribution < 1.29 is 14.2 Å². The predicted molar refractivity (Wildman–Crippen MR) is 118 cm³/mol. The minimum absolute atomic E-state index is 0.249. The average molecular weight is 395 g/mol. The summed E-state index contributed by atoms with van der Waals surface area (Å²) in [6.07, 6.45) is 3.92. The van der Waals surface area contributed by atoms with Crippen LogP contribution in [0.4, 0.5) is 11.4 Å². The van der Waals surface area contributed by atoms with Crippen molar-refractivity contribution >= 4 is 17.6 Å². The zero-order chi connectivity index (χ0) is 20.8. The molecule has 0 radical (unpaired) electrons. The van der Waals surface area contributed by atoms with Gasteiger partial charge in [0.25, 0.3) is 0 Å². The van der Waals surface area contributed by atoms with E-state index in [2.05, 4.69) is 50.8 Å². The summed E-state index contributed by atoms with van der Waals surface area (Å²) in [5.74, 6) is 2.03. The van der Waals surface area contributed by atoms with Crippen LogP contribution in [0.15, 0.2) is 35.3 Å². The van der Waals surface area contributed by atoms with Gasteiger partial charge in [-0.25, -0.2) is 4.99 Å². The summed E-state index contributed by atoms with van der Waals surface area (Å²) in [5.41, 5.74) is 3.57. The van der Waals surface area contributed by atoms with Crippen LogP contribution in [0.5, 0.6) is 17.2 Å². The van der Waals surface area contributed by atoms with Crippen LogP contribution in [0.1, 0.15) is 44.7 Å². The van der Waals surface area contributed by atoms with Gasteiger partial charge in [0.1, 0.15) is 11.4 Å². The number of nitrogens with zero attached hydrogens (tertiary/aromatic N) is 2. The SMILES string of the molecule is CCCN1c2ccc(C)cc2C(C)(CC)C12C=Nc1c(OC)cc(OC)cc1O2. The fourth-order valence-electron chi connectivity index (χ4n) is 4.71. The first-order chi connectivity index (χ1) is 13.9. The molecule has 1 spiro atoms. The lowest BCUT2D eigenvalue weighted by atomic mass is 9.73. The smallest absolute Gasteiger partial charge is 0.229 e. The molecular weight excluding hydrogens is 364 g/mol. The van der Waals surface area contributed by atoms with Crippen molar-refractivity contribution in [1.82, 2.24) is 0 Å². The molecule has 2 unspecified atom stereocenters. The first-order valence-corrected chi connectivity index (χ1v) is 10.3. The van der Waals surface area contributed by atoms with E-state index in [0.29, 0.717) is 22.9 Å². The molecule has 154 valence electrons. The number of fused-ring (bicyclic) bond motifs is 2. The van der Waals surface area contributed by atoms with Crippen molar-refractivity contribution in [2.75, 3.05) is 25.7 Å². The lowest BCUT2D eigenvalue weighted by Crippen LogP contribution is -2.63. The maximum Gasteiger partial charge on any atom is 0.229 e. The lowest BCUT2D eigenvalue weighted by molar-refractivity contribution is 0.0653. The third-order valence-corrected chi connectivity index (χ3v) is 6.49. The van der Waals surface area contributed by atoms with Gasteiger partial charge in [-0.3, -0.25) is 0 Å². The van der Waals surface area contributed by atoms with E-state index in [-0.39, 0.29) is 5.41 Å². The highest BCUT2D eigenvalue weighted by molar-refractivity contribution is 5.89. The predicted octanol–water partition coefficient (Wildman–Crippen LogP) is 5.40. The second-order valence-electron chi connectivity index (χ2n) is 8.09. The molecule has 2 atom stereocenters. The number of aryl methyl sites for hydroxylation is 1. The van der Waals surface area contributed by atoms with Crippen LogP contribution in [-0.2, 0) is 5.41 Å². The molecule has 0 N–H and O–H groups in total. The van der Waals surface area contributed by atoms with Crippen LogP contribution in [0.25, 0.3) is 0 Å². The van der Waals surface area contributed by atoms with Crippen molar-refractivity contribution in [1.29, 1.82) is 0 Å². The Morgan fingerprint density at radius 3 is 2.55 bits per heavy atom. The molecular formula is C24H30N2O3. The van der Waals surface area contributed by atoms with E-state index in [0.717, 1.165) is 19.4 Å². The van der Waals surface area contributed by atoms with Crippen LogP contribution in [-0.4, -0.2) is 32.7 Å². The molecule has 0 amide bonds. The van der Waals surface area contributed by atoms with Gasteiger partial charge in [0.05, 0.1) is 25.8 Å². The standard InChI is InChI=1S/C24H30N2O3/c1-7-11-26-19-10-9-16(3)12-18(19)23(4,8-2)24(26)15-25-22-20(28-6)13-17(27-5)14-21(22)29-24/h9-10,12-15H,7-8,11H2,1-6H3. The minimum Gasteiger partial charge on any atom is -0.496 e. The Morgan fingerprint density at radius 1 is 1.10 bits per heavy atom. The van der Waals surface area contributed by atoms with Crippen LogP contribution < -0.4 is 19.1 Å². The quantitative estimate of drug-likeness (QED) is 0.681. The molecule has 5 nitrogen and oxygen atoms in total. The van der Waals surface area contributed by atoms with Crippen molar-refractivity contribution in [2.45, 2.75) is 51.7 Å². The molecule has 29 heavy (non-hydrogen) atoms. The summed E-state index contributed by atoms with van der Waals surface area (Å²) < 4.78 is 17.9. The maximum atomic E-state index is 6.88. The number of benzene rings is 2. The summed E-state index contributed by atoms with van der Waals surface area (Å²) in [4.78, 5) is 7.26. The number of anilines is 1. The van der Waals surface area contributed by atoms with Gasteiger partial charge < -0.3 is 19.1 Å². The number of aliphatic imine (C=N–C) groups is 1. The van der Waals surface area contributed by atoms with Crippen molar-refractivity contribution in [2.24, 2.45) is 4.99 Å². The van der Waals surface area contributed by atoms with E-state index in [1.165, 1.54) is 16.8 Å². The molecule has 2 aromatic carbocycles. The zero-order valence-electron chi connectivity index (χ0n) is 18.2. The molecule has 0 aliphatic carbocycles. The third kappa shape index (κ3) is 2.63. The number of methoxy groups -OCH3 is 2. The summed E-state index contributed by atoms with van der Waals surface area (Å²) in [6, 6.07) is 10.4. The molecule has 4 rings (SSSR count). The fourth-order valence-corrected chi connectivity index (χ4v) is 4.71. The molecule has 0 saturated heterocycles. The first kappa shape index (κ1) is 19.6. The van der Waals surface area contributed by atoms with E-state index in [4.69, 9.17) is 19.2 Å². The topological polar surface area (TPSA) is 43.3 Å². The van der Waals surface area contributed by atoms with E-state index in [1.807, 2.05) is 18.3 Å². The van der Waals surface area contributed by atoms with Gasteiger partial charge in [-0.2, -0.15) is 0 Å². The summed E-state index contributed by atoms with van der Waals surface area (Å²) >= 11 is 0. The second kappa shape index (κ2) is 6.97. The molecule has 0 aromatic heterocycles. The largest absolute Gasteiger partial charge is 0.496 e.